The van der Waals surface area contributed by atoms with Crippen molar-refractivity contribution >= 4 is 23.0 Å². The van der Waals surface area contributed by atoms with Crippen molar-refractivity contribution in [3.05, 3.63) is 23.0 Å². The molecule has 1 fully saturated rings. The summed E-state index contributed by atoms with van der Waals surface area (Å²) in [6, 6.07) is 2.81. The van der Waals surface area contributed by atoms with Crippen molar-refractivity contribution in [1.82, 2.24) is 0 Å². The molecule has 0 radical (unpaired) electrons. The minimum atomic E-state index is -0.442. The summed E-state index contributed by atoms with van der Waals surface area (Å²) in [6.07, 6.45) is 0. The molecule has 2 rings (SSSR count). The lowest BCUT2D eigenvalue weighted by atomic mass is 10.0. The van der Waals surface area contributed by atoms with Crippen LogP contribution in [0.15, 0.2) is 12.1 Å². The second kappa shape index (κ2) is 4.02. The highest BCUT2D eigenvalue weighted by atomic mass is 35.5. The molecule has 0 unspecified atom stereocenters. The molecule has 0 aromatic heterocycles. The molecule has 1 aliphatic carbocycles. The van der Waals surface area contributed by atoms with Gasteiger partial charge in [-0.15, -0.1) is 0 Å². The van der Waals surface area contributed by atoms with Crippen molar-refractivity contribution in [3.63, 3.8) is 0 Å². The first-order valence-electron chi connectivity index (χ1n) is 6.16. The summed E-state index contributed by atoms with van der Waals surface area (Å²) in [5.41, 5.74) is 7.53. The molecule has 2 nitrogen and oxygen atoms in total. The lowest BCUT2D eigenvalue weighted by molar-refractivity contribution is 0.457. The molecule has 1 aromatic rings. The Bertz CT molecular complexity index is 469. The van der Waals surface area contributed by atoms with E-state index < -0.39 is 5.82 Å². The molecule has 0 bridgehead atoms. The van der Waals surface area contributed by atoms with E-state index in [1.807, 2.05) is 0 Å². The average molecular weight is 271 g/mol. The smallest absolute Gasteiger partial charge is 0.143 e. The highest BCUT2D eigenvalue weighted by molar-refractivity contribution is 6.31. The number of benzene rings is 1. The van der Waals surface area contributed by atoms with Crippen molar-refractivity contribution in [2.24, 2.45) is 16.7 Å². The summed E-state index contributed by atoms with van der Waals surface area (Å²) in [5.74, 6) is 0.117. The van der Waals surface area contributed by atoms with Crippen molar-refractivity contribution < 1.29 is 4.39 Å². The zero-order valence-corrected chi connectivity index (χ0v) is 12.0. The molecular weight excluding hydrogens is 251 g/mol. The van der Waals surface area contributed by atoms with Crippen molar-refractivity contribution in [2.45, 2.75) is 27.7 Å². The molecule has 3 N–H and O–H groups in total. The minimum absolute atomic E-state index is 0.0603. The summed E-state index contributed by atoms with van der Waals surface area (Å²) in [6.45, 7) is 9.82. The lowest BCUT2D eigenvalue weighted by Crippen LogP contribution is -2.10. The second-order valence-corrected chi connectivity index (χ2v) is 6.64. The van der Waals surface area contributed by atoms with Gasteiger partial charge in [-0.05, 0) is 22.8 Å². The highest BCUT2D eigenvalue weighted by Gasteiger charge is 2.64. The van der Waals surface area contributed by atoms with E-state index in [0.29, 0.717) is 28.1 Å². The van der Waals surface area contributed by atoms with Gasteiger partial charge in [0.15, 0.2) is 0 Å². The number of halogens is 2. The summed E-state index contributed by atoms with van der Waals surface area (Å²) in [7, 11) is 0. The van der Waals surface area contributed by atoms with E-state index in [9.17, 15) is 4.39 Å². The van der Waals surface area contributed by atoms with Gasteiger partial charge in [-0.1, -0.05) is 39.3 Å². The van der Waals surface area contributed by atoms with Crippen molar-refractivity contribution in [2.75, 3.05) is 17.6 Å². The Kier molecular flexibility index (Phi) is 3.01. The summed E-state index contributed by atoms with van der Waals surface area (Å²) < 4.78 is 13.4. The third-order valence-corrected chi connectivity index (χ3v) is 5.20. The molecule has 0 spiro atoms. The zero-order chi connectivity index (χ0) is 13.7. The van der Waals surface area contributed by atoms with E-state index >= 15 is 0 Å². The first-order valence-corrected chi connectivity index (χ1v) is 6.54. The van der Waals surface area contributed by atoms with Gasteiger partial charge in [0.25, 0.3) is 0 Å². The topological polar surface area (TPSA) is 38.0 Å². The van der Waals surface area contributed by atoms with Gasteiger partial charge in [0.1, 0.15) is 5.82 Å². The van der Waals surface area contributed by atoms with Crippen LogP contribution in [0, 0.1) is 22.6 Å². The van der Waals surface area contributed by atoms with Gasteiger partial charge in [0.2, 0.25) is 0 Å². The van der Waals surface area contributed by atoms with Gasteiger partial charge in [-0.25, -0.2) is 4.39 Å². The Morgan fingerprint density at radius 3 is 2.33 bits per heavy atom. The minimum Gasteiger partial charge on any atom is -0.397 e. The number of hydrogen-bond donors (Lipinski definition) is 2. The standard InChI is InChI=1S/C14H20ClFN2/c1-13(2)12(14(13,3)4)7-18-11-6-9(16)8(15)5-10(11)17/h5-6,12,18H,7,17H2,1-4H3. The Labute approximate surface area is 113 Å². The fourth-order valence-electron chi connectivity index (χ4n) is 2.77. The third kappa shape index (κ3) is 1.95. The van der Waals surface area contributed by atoms with E-state index in [4.69, 9.17) is 17.3 Å². The molecule has 18 heavy (non-hydrogen) atoms. The van der Waals surface area contributed by atoms with Crippen LogP contribution >= 0.6 is 11.6 Å². The Balaban J connectivity index is 2.07. The van der Waals surface area contributed by atoms with Crippen LogP contribution in [-0.4, -0.2) is 6.54 Å². The normalized spacial score (nSPS) is 20.8. The number of rotatable bonds is 3. The second-order valence-electron chi connectivity index (χ2n) is 6.23. The SMILES string of the molecule is CC1(C)C(CNc2cc(F)c(Cl)cc2N)C1(C)C. The van der Waals surface area contributed by atoms with Gasteiger partial charge in [-0.2, -0.15) is 0 Å². The predicted molar refractivity (Wildman–Crippen MR) is 75.4 cm³/mol. The molecule has 0 atom stereocenters. The molecule has 1 aromatic carbocycles. The first kappa shape index (κ1) is 13.5. The quantitative estimate of drug-likeness (QED) is 0.810. The number of nitrogens with two attached hydrogens (primary N) is 1. The molecule has 0 saturated heterocycles. The van der Waals surface area contributed by atoms with Crippen LogP contribution in [0.25, 0.3) is 0 Å². The molecular formula is C14H20ClFN2. The van der Waals surface area contributed by atoms with E-state index in [1.165, 1.54) is 12.1 Å². The highest BCUT2D eigenvalue weighted by Crippen LogP contribution is 2.68. The van der Waals surface area contributed by atoms with Gasteiger partial charge in [0.05, 0.1) is 16.4 Å². The predicted octanol–water partition coefficient (Wildman–Crippen LogP) is 4.16. The van der Waals surface area contributed by atoms with E-state index in [-0.39, 0.29) is 5.02 Å². The van der Waals surface area contributed by atoms with Crippen LogP contribution in [0.5, 0.6) is 0 Å². The van der Waals surface area contributed by atoms with Crippen LogP contribution in [0.3, 0.4) is 0 Å². The largest absolute Gasteiger partial charge is 0.397 e. The van der Waals surface area contributed by atoms with Gasteiger partial charge in [-0.3, -0.25) is 0 Å². The Morgan fingerprint density at radius 2 is 1.83 bits per heavy atom. The van der Waals surface area contributed by atoms with E-state index in [2.05, 4.69) is 33.0 Å². The van der Waals surface area contributed by atoms with E-state index in [1.54, 1.807) is 0 Å². The van der Waals surface area contributed by atoms with Gasteiger partial charge >= 0.3 is 0 Å². The molecule has 1 saturated carbocycles. The fraction of sp³-hybridized carbons (Fsp3) is 0.571. The maximum Gasteiger partial charge on any atom is 0.143 e. The molecule has 0 amide bonds. The summed E-state index contributed by atoms with van der Waals surface area (Å²) in [5, 5.41) is 3.29. The third-order valence-electron chi connectivity index (χ3n) is 4.91. The van der Waals surface area contributed by atoms with Crippen molar-refractivity contribution in [3.8, 4) is 0 Å². The van der Waals surface area contributed by atoms with Crippen LogP contribution in [0.2, 0.25) is 5.02 Å². The monoisotopic (exact) mass is 270 g/mol. The average Bonchev–Trinajstić information content (AvgIpc) is 2.62. The number of nitrogen functional groups attached to an aromatic ring is 1. The number of hydrogen-bond acceptors (Lipinski definition) is 2. The van der Waals surface area contributed by atoms with Crippen LogP contribution in [0.1, 0.15) is 27.7 Å². The molecule has 0 heterocycles. The zero-order valence-electron chi connectivity index (χ0n) is 11.3. The summed E-state index contributed by atoms with van der Waals surface area (Å²) in [4.78, 5) is 0. The molecule has 4 heteroatoms. The number of nitrogens with one attached hydrogen (secondary N) is 1. The van der Waals surface area contributed by atoms with Crippen molar-refractivity contribution in [1.29, 1.82) is 0 Å². The van der Waals surface area contributed by atoms with Crippen LogP contribution < -0.4 is 11.1 Å². The molecule has 100 valence electrons. The summed E-state index contributed by atoms with van der Waals surface area (Å²) >= 11 is 5.67. The Hall–Kier alpha value is -0.960. The van der Waals surface area contributed by atoms with E-state index in [0.717, 1.165) is 6.54 Å². The first-order chi connectivity index (χ1) is 8.18. The van der Waals surface area contributed by atoms with Gasteiger partial charge < -0.3 is 11.1 Å². The van der Waals surface area contributed by atoms with Gasteiger partial charge in [0, 0.05) is 12.6 Å². The number of anilines is 2. The lowest BCUT2D eigenvalue weighted by Gasteiger charge is -2.11. The maximum absolute atomic E-state index is 13.4. The molecule has 1 aliphatic rings. The fourth-order valence-corrected chi connectivity index (χ4v) is 2.94. The molecule has 0 aliphatic heterocycles. The maximum atomic E-state index is 13.4. The van der Waals surface area contributed by atoms with Crippen LogP contribution in [0.4, 0.5) is 15.8 Å². The Morgan fingerprint density at radius 1 is 1.28 bits per heavy atom. The van der Waals surface area contributed by atoms with Crippen LogP contribution in [-0.2, 0) is 0 Å².